The summed E-state index contributed by atoms with van der Waals surface area (Å²) in [6, 6.07) is 6.28. The number of fused-ring (bicyclic) bond motifs is 1. The summed E-state index contributed by atoms with van der Waals surface area (Å²) in [4.78, 5) is 11.5. The number of nitrogens with one attached hydrogen (secondary N) is 1. The highest BCUT2D eigenvalue weighted by molar-refractivity contribution is 9.13. The van der Waals surface area contributed by atoms with Gasteiger partial charge in [0.05, 0.1) is 9.35 Å². The normalized spacial score (nSPS) is 13.9. The van der Waals surface area contributed by atoms with Gasteiger partial charge in [0.25, 0.3) is 10.0 Å². The van der Waals surface area contributed by atoms with Gasteiger partial charge in [-0.25, -0.2) is 13.2 Å². The number of carbonyl (C=O) groups excluding carboxylic acids is 1. The topological polar surface area (TPSA) is 72.5 Å². The molecule has 1 N–H and O–H groups in total. The van der Waals surface area contributed by atoms with Crippen LogP contribution in [0, 0.1) is 0 Å². The Balaban J connectivity index is 1.93. The molecule has 2 heterocycles. The third-order valence-electron chi connectivity index (χ3n) is 2.83. The molecule has 0 saturated carbocycles. The Bertz CT molecular complexity index is 825. The van der Waals surface area contributed by atoms with Crippen LogP contribution in [0.15, 0.2) is 36.7 Å². The predicted molar refractivity (Wildman–Crippen MR) is 86.1 cm³/mol. The summed E-state index contributed by atoms with van der Waals surface area (Å²) in [6.45, 7) is 0.228. The maximum Gasteiger partial charge on any atom is 0.338 e. The van der Waals surface area contributed by atoms with Gasteiger partial charge in [-0.15, -0.1) is 11.3 Å². The lowest BCUT2D eigenvalue weighted by Gasteiger charge is -2.06. The van der Waals surface area contributed by atoms with Gasteiger partial charge in [0.1, 0.15) is 10.8 Å². The number of cyclic esters (lactones) is 1. The minimum atomic E-state index is -3.69. The second kappa shape index (κ2) is 5.38. The van der Waals surface area contributed by atoms with Crippen LogP contribution in [0.5, 0.6) is 0 Å². The monoisotopic (exact) mass is 451 g/mol. The Morgan fingerprint density at radius 1 is 1.24 bits per heavy atom. The molecule has 110 valence electrons. The van der Waals surface area contributed by atoms with Crippen LogP contribution in [0.2, 0.25) is 0 Å². The van der Waals surface area contributed by atoms with E-state index in [-0.39, 0.29) is 10.8 Å². The van der Waals surface area contributed by atoms with Crippen LogP contribution in [0.25, 0.3) is 0 Å². The molecular formula is C12H7Br2NO4S2. The van der Waals surface area contributed by atoms with Crippen molar-refractivity contribution in [3.05, 3.63) is 43.7 Å². The first-order valence-corrected chi connectivity index (χ1v) is 9.53. The van der Waals surface area contributed by atoms with Crippen LogP contribution in [0.1, 0.15) is 15.9 Å². The summed E-state index contributed by atoms with van der Waals surface area (Å²) in [5.41, 5.74) is 1.47. The summed E-state index contributed by atoms with van der Waals surface area (Å²) in [5.74, 6) is -0.437. The largest absolute Gasteiger partial charge is 0.457 e. The zero-order chi connectivity index (χ0) is 15.2. The predicted octanol–water partition coefficient (Wildman–Crippen LogP) is 3.74. The highest BCUT2D eigenvalue weighted by Gasteiger charge is 2.23. The fraction of sp³-hybridized carbons (Fsp3) is 0.0833. The van der Waals surface area contributed by atoms with Gasteiger partial charge >= 0.3 is 5.97 Å². The number of hydrogen-bond acceptors (Lipinski definition) is 5. The summed E-state index contributed by atoms with van der Waals surface area (Å²) >= 11 is 7.61. The third kappa shape index (κ3) is 2.87. The molecule has 21 heavy (non-hydrogen) atoms. The fourth-order valence-corrected chi connectivity index (χ4v) is 5.71. The molecule has 1 aliphatic heterocycles. The van der Waals surface area contributed by atoms with Gasteiger partial charge in [0.15, 0.2) is 0 Å². The van der Waals surface area contributed by atoms with E-state index in [2.05, 4.69) is 36.6 Å². The number of rotatable bonds is 3. The van der Waals surface area contributed by atoms with Gasteiger partial charge in [0.2, 0.25) is 0 Å². The molecule has 1 aromatic carbocycles. The van der Waals surface area contributed by atoms with Crippen molar-refractivity contribution in [2.75, 3.05) is 4.72 Å². The van der Waals surface area contributed by atoms with E-state index in [0.717, 1.165) is 16.9 Å². The van der Waals surface area contributed by atoms with Crippen molar-refractivity contribution in [3.63, 3.8) is 0 Å². The van der Waals surface area contributed by atoms with Gasteiger partial charge in [-0.2, -0.15) is 0 Å². The first kappa shape index (κ1) is 15.0. The van der Waals surface area contributed by atoms with Crippen LogP contribution < -0.4 is 4.72 Å². The average Bonchev–Trinajstić information content (AvgIpc) is 2.95. The van der Waals surface area contributed by atoms with Crippen molar-refractivity contribution in [3.8, 4) is 0 Å². The number of sulfonamides is 1. The first-order valence-electron chi connectivity index (χ1n) is 5.64. The van der Waals surface area contributed by atoms with Crippen LogP contribution in [0.3, 0.4) is 0 Å². The van der Waals surface area contributed by atoms with Crippen molar-refractivity contribution in [1.29, 1.82) is 0 Å². The molecule has 0 aliphatic carbocycles. The first-order chi connectivity index (χ1) is 9.87. The number of ether oxygens (including phenoxy) is 1. The molecule has 0 radical (unpaired) electrons. The van der Waals surface area contributed by atoms with Crippen molar-refractivity contribution in [2.45, 2.75) is 10.8 Å². The molecule has 0 atom stereocenters. The molecule has 2 aromatic rings. The SMILES string of the molecule is O=C1OCc2ccc(NS(=O)(=O)c3cc(Br)c(Br)s3)cc21. The van der Waals surface area contributed by atoms with Crippen LogP contribution >= 0.6 is 43.2 Å². The van der Waals surface area contributed by atoms with Gasteiger partial charge in [-0.3, -0.25) is 4.72 Å². The number of benzene rings is 1. The fourth-order valence-electron chi connectivity index (χ4n) is 1.84. The van der Waals surface area contributed by atoms with E-state index in [4.69, 9.17) is 4.74 Å². The molecule has 3 rings (SSSR count). The summed E-state index contributed by atoms with van der Waals surface area (Å²) < 4.78 is 33.5. The summed E-state index contributed by atoms with van der Waals surface area (Å²) in [7, 11) is -3.69. The lowest BCUT2D eigenvalue weighted by Crippen LogP contribution is -2.11. The molecule has 5 nitrogen and oxygen atoms in total. The van der Waals surface area contributed by atoms with Crippen molar-refractivity contribution < 1.29 is 17.9 Å². The Kier molecular flexibility index (Phi) is 3.85. The third-order valence-corrected chi connectivity index (χ3v) is 7.94. The lowest BCUT2D eigenvalue weighted by molar-refractivity contribution is 0.0535. The molecule has 1 aliphatic rings. The van der Waals surface area contributed by atoms with E-state index >= 15 is 0 Å². The molecule has 0 spiro atoms. The van der Waals surface area contributed by atoms with E-state index in [9.17, 15) is 13.2 Å². The zero-order valence-electron chi connectivity index (χ0n) is 10.2. The molecular weight excluding hydrogens is 446 g/mol. The Morgan fingerprint density at radius 2 is 2.00 bits per heavy atom. The van der Waals surface area contributed by atoms with Gasteiger partial charge in [0, 0.05) is 15.7 Å². The van der Waals surface area contributed by atoms with Crippen LogP contribution in [0.4, 0.5) is 5.69 Å². The lowest BCUT2D eigenvalue weighted by atomic mass is 10.1. The number of hydrogen-bond donors (Lipinski definition) is 1. The maximum atomic E-state index is 12.3. The quantitative estimate of drug-likeness (QED) is 0.720. The van der Waals surface area contributed by atoms with E-state index in [1.54, 1.807) is 12.1 Å². The molecule has 1 aromatic heterocycles. The Morgan fingerprint density at radius 3 is 2.67 bits per heavy atom. The summed E-state index contributed by atoms with van der Waals surface area (Å²) in [5, 5.41) is 0. The van der Waals surface area contributed by atoms with Gasteiger partial charge < -0.3 is 4.74 Å². The molecule has 9 heteroatoms. The number of anilines is 1. The highest BCUT2D eigenvalue weighted by atomic mass is 79.9. The number of halogens is 2. The summed E-state index contributed by atoms with van der Waals surface area (Å²) in [6.07, 6.45) is 0. The van der Waals surface area contributed by atoms with Crippen molar-refractivity contribution in [1.82, 2.24) is 0 Å². The zero-order valence-corrected chi connectivity index (χ0v) is 15.0. The van der Waals surface area contributed by atoms with Gasteiger partial charge in [-0.05, 0) is 50.1 Å². The number of esters is 1. The second-order valence-corrected chi connectivity index (χ2v) is 9.37. The smallest absolute Gasteiger partial charge is 0.338 e. The minimum Gasteiger partial charge on any atom is -0.457 e. The molecule has 0 unspecified atom stereocenters. The Labute approximate surface area is 141 Å². The number of carbonyl (C=O) groups is 1. The molecule has 0 bridgehead atoms. The maximum absolute atomic E-state index is 12.3. The van der Waals surface area contributed by atoms with E-state index in [0.29, 0.717) is 19.5 Å². The van der Waals surface area contributed by atoms with E-state index in [1.165, 1.54) is 12.1 Å². The van der Waals surface area contributed by atoms with Crippen LogP contribution in [-0.4, -0.2) is 14.4 Å². The number of thiophene rings is 1. The van der Waals surface area contributed by atoms with E-state index < -0.39 is 16.0 Å². The second-order valence-electron chi connectivity index (χ2n) is 4.24. The molecule has 0 fully saturated rings. The minimum absolute atomic E-state index is 0.171. The highest BCUT2D eigenvalue weighted by Crippen LogP contribution is 2.35. The van der Waals surface area contributed by atoms with Crippen molar-refractivity contribution >= 4 is 64.9 Å². The molecule has 0 saturated heterocycles. The van der Waals surface area contributed by atoms with Gasteiger partial charge in [-0.1, -0.05) is 6.07 Å². The standard InChI is InChI=1S/C12H7Br2NO4S2/c13-9-4-10(20-11(9)14)21(17,18)15-7-2-1-6-5-19-12(16)8(6)3-7/h1-4,15H,5H2. The molecule has 0 amide bonds. The van der Waals surface area contributed by atoms with Crippen molar-refractivity contribution in [2.24, 2.45) is 0 Å². The average molecular weight is 453 g/mol. The Hall–Kier alpha value is -0.900. The van der Waals surface area contributed by atoms with E-state index in [1.807, 2.05) is 0 Å². The van der Waals surface area contributed by atoms with Crippen LogP contribution in [-0.2, 0) is 21.4 Å².